The van der Waals surface area contributed by atoms with Crippen LogP contribution in [0, 0.1) is 0 Å². The highest BCUT2D eigenvalue weighted by molar-refractivity contribution is 6.05. The van der Waals surface area contributed by atoms with E-state index in [2.05, 4.69) is 10.3 Å². The molecular formula is C23H18N2O4. The number of anilines is 1. The van der Waals surface area contributed by atoms with Crippen LogP contribution in [0.4, 0.5) is 5.69 Å². The van der Waals surface area contributed by atoms with Crippen molar-refractivity contribution in [2.45, 2.75) is 6.61 Å². The monoisotopic (exact) mass is 386 g/mol. The molecule has 144 valence electrons. The molecule has 4 aromatic rings. The van der Waals surface area contributed by atoms with E-state index in [0.29, 0.717) is 23.4 Å². The quantitative estimate of drug-likeness (QED) is 0.483. The lowest BCUT2D eigenvalue weighted by Crippen LogP contribution is -2.08. The van der Waals surface area contributed by atoms with E-state index in [-0.39, 0.29) is 5.91 Å². The first-order valence-corrected chi connectivity index (χ1v) is 9.05. The molecule has 0 bridgehead atoms. The highest BCUT2D eigenvalue weighted by Crippen LogP contribution is 2.20. The third kappa shape index (κ3) is 4.62. The van der Waals surface area contributed by atoms with Crippen LogP contribution in [0.2, 0.25) is 0 Å². The largest absolute Gasteiger partial charge is 0.489 e. The second kappa shape index (κ2) is 8.31. The summed E-state index contributed by atoms with van der Waals surface area (Å²) in [5.41, 5.74) is 3.23. The summed E-state index contributed by atoms with van der Waals surface area (Å²) >= 11 is 0. The number of carbonyl (C=O) groups is 1. The summed E-state index contributed by atoms with van der Waals surface area (Å²) in [5.74, 6) is -0.170. The van der Waals surface area contributed by atoms with Crippen LogP contribution in [0.3, 0.4) is 0 Å². The first-order valence-electron chi connectivity index (χ1n) is 9.05. The number of para-hydroxylation sites is 1. The predicted octanol–water partition coefficient (Wildman–Crippen LogP) is 4.35. The van der Waals surface area contributed by atoms with Gasteiger partial charge in [0.15, 0.2) is 5.58 Å². The molecule has 2 N–H and O–H groups in total. The second-order valence-electron chi connectivity index (χ2n) is 6.36. The molecule has 0 unspecified atom stereocenters. The van der Waals surface area contributed by atoms with Crippen molar-refractivity contribution < 1.29 is 13.9 Å². The Labute approximate surface area is 166 Å². The highest BCUT2D eigenvalue weighted by Gasteiger charge is 2.07. The second-order valence-corrected chi connectivity index (χ2v) is 6.36. The van der Waals surface area contributed by atoms with Gasteiger partial charge in [-0.25, -0.2) is 4.79 Å². The van der Waals surface area contributed by atoms with Crippen LogP contribution in [-0.4, -0.2) is 10.9 Å². The molecule has 0 aliphatic heterocycles. The number of aromatic amines is 1. The van der Waals surface area contributed by atoms with Gasteiger partial charge in [-0.15, -0.1) is 0 Å². The van der Waals surface area contributed by atoms with Crippen LogP contribution in [0.1, 0.15) is 11.1 Å². The maximum atomic E-state index is 12.3. The summed E-state index contributed by atoms with van der Waals surface area (Å²) in [4.78, 5) is 26.2. The van der Waals surface area contributed by atoms with E-state index in [0.717, 1.165) is 16.9 Å². The smallest absolute Gasteiger partial charge is 0.417 e. The van der Waals surface area contributed by atoms with Gasteiger partial charge in [-0.2, -0.15) is 0 Å². The van der Waals surface area contributed by atoms with Crippen molar-refractivity contribution in [2.24, 2.45) is 0 Å². The minimum Gasteiger partial charge on any atom is -0.489 e. The minimum absolute atomic E-state index is 0.324. The number of hydrogen-bond acceptors (Lipinski definition) is 4. The summed E-state index contributed by atoms with van der Waals surface area (Å²) < 4.78 is 10.8. The average molecular weight is 386 g/mol. The van der Waals surface area contributed by atoms with Crippen LogP contribution in [0.15, 0.2) is 88.1 Å². The van der Waals surface area contributed by atoms with E-state index in [9.17, 15) is 9.59 Å². The topological polar surface area (TPSA) is 84.3 Å². The van der Waals surface area contributed by atoms with Crippen molar-refractivity contribution in [3.8, 4) is 5.75 Å². The Bertz CT molecular complexity index is 1220. The first kappa shape index (κ1) is 18.3. The Morgan fingerprint density at radius 1 is 1.03 bits per heavy atom. The lowest BCUT2D eigenvalue weighted by atomic mass is 10.2. The number of ether oxygens (including phenoxy) is 1. The summed E-state index contributed by atoms with van der Waals surface area (Å²) in [6, 6.07) is 22.4. The first-order chi connectivity index (χ1) is 14.2. The summed E-state index contributed by atoms with van der Waals surface area (Å²) in [5, 5.41) is 2.74. The number of oxazole rings is 1. The lowest BCUT2D eigenvalue weighted by molar-refractivity contribution is -0.111. The number of aromatic nitrogens is 1. The number of H-pyrrole nitrogens is 1. The zero-order chi connectivity index (χ0) is 20.1. The fraction of sp³-hybridized carbons (Fsp3) is 0.0435. The maximum Gasteiger partial charge on any atom is 0.417 e. The molecule has 0 spiro atoms. The summed E-state index contributed by atoms with van der Waals surface area (Å²) in [6.45, 7) is 0.474. The molecule has 0 fully saturated rings. The van der Waals surface area contributed by atoms with Crippen LogP contribution in [0.25, 0.3) is 17.2 Å². The number of carbonyl (C=O) groups excluding carboxylic acids is 1. The van der Waals surface area contributed by atoms with Gasteiger partial charge in [0, 0.05) is 6.08 Å². The third-order valence-corrected chi connectivity index (χ3v) is 4.25. The Hall–Kier alpha value is -4.06. The van der Waals surface area contributed by atoms with E-state index in [1.165, 1.54) is 6.08 Å². The average Bonchev–Trinajstić information content (AvgIpc) is 3.13. The fourth-order valence-electron chi connectivity index (χ4n) is 2.87. The van der Waals surface area contributed by atoms with Gasteiger partial charge in [0.2, 0.25) is 5.91 Å². The van der Waals surface area contributed by atoms with Crippen molar-refractivity contribution in [3.63, 3.8) is 0 Å². The van der Waals surface area contributed by atoms with E-state index >= 15 is 0 Å². The van der Waals surface area contributed by atoms with E-state index in [1.807, 2.05) is 54.6 Å². The van der Waals surface area contributed by atoms with Gasteiger partial charge in [-0.05, 0) is 41.5 Å². The van der Waals surface area contributed by atoms with E-state index < -0.39 is 5.76 Å². The molecule has 29 heavy (non-hydrogen) atoms. The number of rotatable bonds is 6. The van der Waals surface area contributed by atoms with E-state index in [4.69, 9.17) is 9.15 Å². The van der Waals surface area contributed by atoms with Gasteiger partial charge in [0.05, 0.1) is 5.69 Å². The molecule has 1 heterocycles. The number of hydrogen-bond donors (Lipinski definition) is 2. The Morgan fingerprint density at radius 2 is 1.86 bits per heavy atom. The standard InChI is InChI=1S/C23H18N2O4/c26-21(24-19-10-5-11-20-22(19)25-23(27)29-20)13-12-16-8-4-9-18(14-16)28-15-17-6-2-1-3-7-17/h1-14H,15H2,(H,24,26)(H,25,27)/b13-12+. The van der Waals surface area contributed by atoms with Gasteiger partial charge < -0.3 is 14.5 Å². The highest BCUT2D eigenvalue weighted by atomic mass is 16.5. The molecule has 0 radical (unpaired) electrons. The third-order valence-electron chi connectivity index (χ3n) is 4.25. The minimum atomic E-state index is -0.565. The van der Waals surface area contributed by atoms with Crippen LogP contribution in [0.5, 0.6) is 5.75 Å². The van der Waals surface area contributed by atoms with Gasteiger partial charge in [-0.1, -0.05) is 48.5 Å². The van der Waals surface area contributed by atoms with Crippen LogP contribution < -0.4 is 15.8 Å². The number of nitrogens with one attached hydrogen (secondary N) is 2. The molecule has 1 aromatic heterocycles. The van der Waals surface area contributed by atoms with Crippen molar-refractivity contribution in [1.82, 2.24) is 4.98 Å². The molecule has 0 aliphatic carbocycles. The van der Waals surface area contributed by atoms with Gasteiger partial charge >= 0.3 is 5.76 Å². The molecule has 3 aromatic carbocycles. The van der Waals surface area contributed by atoms with Crippen molar-refractivity contribution >= 4 is 28.8 Å². The molecule has 6 heteroatoms. The fourth-order valence-corrected chi connectivity index (χ4v) is 2.87. The van der Waals surface area contributed by atoms with Crippen LogP contribution >= 0.6 is 0 Å². The van der Waals surface area contributed by atoms with Crippen LogP contribution in [-0.2, 0) is 11.4 Å². The van der Waals surface area contributed by atoms with Crippen molar-refractivity contribution in [3.05, 3.63) is 101 Å². The zero-order valence-corrected chi connectivity index (χ0v) is 15.4. The normalized spacial score (nSPS) is 11.0. The lowest BCUT2D eigenvalue weighted by Gasteiger charge is -2.07. The molecule has 0 saturated heterocycles. The summed E-state index contributed by atoms with van der Waals surface area (Å²) in [6.07, 6.45) is 3.12. The molecular weight excluding hydrogens is 368 g/mol. The zero-order valence-electron chi connectivity index (χ0n) is 15.4. The van der Waals surface area contributed by atoms with Gasteiger partial charge in [0.1, 0.15) is 17.9 Å². The Morgan fingerprint density at radius 3 is 2.72 bits per heavy atom. The molecule has 0 aliphatic rings. The van der Waals surface area contributed by atoms with Gasteiger partial charge in [-0.3, -0.25) is 9.78 Å². The Kier molecular flexibility index (Phi) is 5.25. The van der Waals surface area contributed by atoms with Gasteiger partial charge in [0.25, 0.3) is 0 Å². The number of amides is 1. The molecule has 0 atom stereocenters. The predicted molar refractivity (Wildman–Crippen MR) is 112 cm³/mol. The van der Waals surface area contributed by atoms with E-state index in [1.54, 1.807) is 24.3 Å². The van der Waals surface area contributed by atoms with Crippen molar-refractivity contribution in [2.75, 3.05) is 5.32 Å². The number of benzene rings is 3. The number of fused-ring (bicyclic) bond motifs is 1. The maximum absolute atomic E-state index is 12.3. The Balaban J connectivity index is 1.41. The summed E-state index contributed by atoms with van der Waals surface area (Å²) in [7, 11) is 0. The molecule has 0 saturated carbocycles. The SMILES string of the molecule is O=C(/C=C/c1cccc(OCc2ccccc2)c1)Nc1cccc2oc(=O)[nH]c12. The molecule has 1 amide bonds. The molecule has 4 rings (SSSR count). The molecule has 6 nitrogen and oxygen atoms in total. The van der Waals surface area contributed by atoms with Crippen molar-refractivity contribution in [1.29, 1.82) is 0 Å².